The fraction of sp³-hybridized carbons (Fsp3) is 0.182. The second kappa shape index (κ2) is 5.70. The summed E-state index contributed by atoms with van der Waals surface area (Å²) in [4.78, 5) is 10.5. The fourth-order valence-corrected chi connectivity index (χ4v) is 2.46. The number of nitrogens with zero attached hydrogens (tertiary/aromatic N) is 3. The minimum Gasteiger partial charge on any atom is -0.481 e. The highest BCUT2D eigenvalue weighted by molar-refractivity contribution is 9.10. The highest BCUT2D eigenvalue weighted by Crippen LogP contribution is 2.26. The number of thioether (sulfide) groups is 1. The molecule has 0 aliphatic rings. The largest absolute Gasteiger partial charge is 0.481 e. The average molecular weight is 346 g/mol. The van der Waals surface area contributed by atoms with Gasteiger partial charge in [-0.05, 0) is 34.1 Å². The fourth-order valence-electron chi connectivity index (χ4n) is 1.45. The average Bonchev–Trinajstić information content (AvgIpc) is 2.72. The first kappa shape index (κ1) is 14.0. The standard InChI is InChI=1S/C11H9BrFN3O2S/c1-16-10(6-2-3-8(13)7(12)4-6)14-15-11(16)19-5-9(17)18/h2-4H,5H2,1H3,(H,17,18). The summed E-state index contributed by atoms with van der Waals surface area (Å²) in [5.41, 5.74) is 0.699. The van der Waals surface area contributed by atoms with Crippen LogP contribution in [0.4, 0.5) is 4.39 Å². The van der Waals surface area contributed by atoms with E-state index in [0.29, 0.717) is 21.0 Å². The first-order valence-corrected chi connectivity index (χ1v) is 6.96. The Bertz CT molecular complexity index is 632. The third kappa shape index (κ3) is 3.13. The van der Waals surface area contributed by atoms with Crippen LogP contribution in [-0.2, 0) is 11.8 Å². The van der Waals surface area contributed by atoms with E-state index in [2.05, 4.69) is 26.1 Å². The Morgan fingerprint density at radius 1 is 1.53 bits per heavy atom. The molecule has 8 heteroatoms. The van der Waals surface area contributed by atoms with Gasteiger partial charge in [0.2, 0.25) is 0 Å². The maximum Gasteiger partial charge on any atom is 0.313 e. The number of hydrogen-bond acceptors (Lipinski definition) is 4. The maximum atomic E-state index is 13.2. The van der Waals surface area contributed by atoms with Gasteiger partial charge in [-0.2, -0.15) is 0 Å². The van der Waals surface area contributed by atoms with Crippen molar-refractivity contribution < 1.29 is 14.3 Å². The third-order valence-electron chi connectivity index (χ3n) is 2.34. The molecule has 0 bridgehead atoms. The second-order valence-electron chi connectivity index (χ2n) is 3.68. The van der Waals surface area contributed by atoms with Crippen LogP contribution >= 0.6 is 27.7 Å². The molecule has 0 atom stereocenters. The number of aromatic nitrogens is 3. The van der Waals surface area contributed by atoms with Crippen LogP contribution in [-0.4, -0.2) is 31.6 Å². The smallest absolute Gasteiger partial charge is 0.313 e. The van der Waals surface area contributed by atoms with Crippen molar-refractivity contribution >= 4 is 33.7 Å². The Morgan fingerprint density at radius 2 is 2.26 bits per heavy atom. The van der Waals surface area contributed by atoms with Crippen LogP contribution in [0.2, 0.25) is 0 Å². The summed E-state index contributed by atoms with van der Waals surface area (Å²) in [5.74, 6) is -0.807. The quantitative estimate of drug-likeness (QED) is 0.862. The van der Waals surface area contributed by atoms with Crippen molar-refractivity contribution in [2.24, 2.45) is 7.05 Å². The summed E-state index contributed by atoms with van der Waals surface area (Å²) in [6.45, 7) is 0. The van der Waals surface area contributed by atoms with E-state index in [1.165, 1.54) is 6.07 Å². The third-order valence-corrected chi connectivity index (χ3v) is 3.95. The van der Waals surface area contributed by atoms with Gasteiger partial charge in [-0.15, -0.1) is 10.2 Å². The molecule has 0 radical (unpaired) electrons. The van der Waals surface area contributed by atoms with E-state index in [9.17, 15) is 9.18 Å². The highest BCUT2D eigenvalue weighted by atomic mass is 79.9. The lowest BCUT2D eigenvalue weighted by molar-refractivity contribution is -0.133. The molecule has 2 aromatic rings. The second-order valence-corrected chi connectivity index (χ2v) is 5.47. The van der Waals surface area contributed by atoms with Crippen LogP contribution in [0, 0.1) is 5.82 Å². The van der Waals surface area contributed by atoms with Crippen LogP contribution in [0.15, 0.2) is 27.8 Å². The number of carboxylic acid groups (broad SMARTS) is 1. The summed E-state index contributed by atoms with van der Waals surface area (Å²) in [6.07, 6.45) is 0. The molecule has 0 saturated heterocycles. The summed E-state index contributed by atoms with van der Waals surface area (Å²) in [7, 11) is 1.73. The van der Waals surface area contributed by atoms with Gasteiger partial charge in [0, 0.05) is 12.6 Å². The van der Waals surface area contributed by atoms with Gasteiger partial charge in [-0.25, -0.2) is 4.39 Å². The topological polar surface area (TPSA) is 68.0 Å². The van der Waals surface area contributed by atoms with Crippen LogP contribution < -0.4 is 0 Å². The molecule has 1 aromatic heterocycles. The van der Waals surface area contributed by atoms with Crippen molar-refractivity contribution in [3.8, 4) is 11.4 Å². The zero-order valence-electron chi connectivity index (χ0n) is 9.80. The van der Waals surface area contributed by atoms with Gasteiger partial charge in [0.05, 0.1) is 10.2 Å². The number of aliphatic carboxylic acids is 1. The SMILES string of the molecule is Cn1c(SCC(=O)O)nnc1-c1ccc(F)c(Br)c1. The van der Waals surface area contributed by atoms with Crippen molar-refractivity contribution in [3.05, 3.63) is 28.5 Å². The molecule has 5 nitrogen and oxygen atoms in total. The zero-order chi connectivity index (χ0) is 14.0. The van der Waals surface area contributed by atoms with Gasteiger partial charge >= 0.3 is 5.97 Å². The zero-order valence-corrected chi connectivity index (χ0v) is 12.2. The van der Waals surface area contributed by atoms with E-state index >= 15 is 0 Å². The lowest BCUT2D eigenvalue weighted by Gasteiger charge is -2.04. The van der Waals surface area contributed by atoms with Crippen LogP contribution in [0.1, 0.15) is 0 Å². The summed E-state index contributed by atoms with van der Waals surface area (Å²) < 4.78 is 15.2. The van der Waals surface area contributed by atoms with E-state index in [4.69, 9.17) is 5.11 Å². The number of carboxylic acids is 1. The highest BCUT2D eigenvalue weighted by Gasteiger charge is 2.13. The van der Waals surface area contributed by atoms with Gasteiger partial charge in [0.25, 0.3) is 0 Å². The lowest BCUT2D eigenvalue weighted by atomic mass is 10.2. The van der Waals surface area contributed by atoms with Crippen molar-refractivity contribution in [1.29, 1.82) is 0 Å². The molecule has 2 rings (SSSR count). The van der Waals surface area contributed by atoms with Crippen LogP contribution in [0.25, 0.3) is 11.4 Å². The van der Waals surface area contributed by atoms with E-state index in [1.807, 2.05) is 0 Å². The molecule has 0 unspecified atom stereocenters. The number of rotatable bonds is 4. The molecule has 100 valence electrons. The van der Waals surface area contributed by atoms with Crippen molar-refractivity contribution in [2.75, 3.05) is 5.75 Å². The first-order valence-electron chi connectivity index (χ1n) is 5.18. The predicted octanol–water partition coefficient (Wildman–Crippen LogP) is 2.56. The number of benzene rings is 1. The van der Waals surface area contributed by atoms with Crippen molar-refractivity contribution in [3.63, 3.8) is 0 Å². The summed E-state index contributed by atoms with van der Waals surface area (Å²) in [6, 6.07) is 4.53. The maximum absolute atomic E-state index is 13.2. The van der Waals surface area contributed by atoms with Crippen molar-refractivity contribution in [2.45, 2.75) is 5.16 Å². The Kier molecular flexibility index (Phi) is 4.20. The minimum absolute atomic E-state index is 0.0842. The molecule has 1 aromatic carbocycles. The monoisotopic (exact) mass is 345 g/mol. The first-order chi connectivity index (χ1) is 8.99. The molecule has 0 aliphatic heterocycles. The van der Waals surface area contributed by atoms with Crippen molar-refractivity contribution in [1.82, 2.24) is 14.8 Å². The summed E-state index contributed by atoms with van der Waals surface area (Å²) >= 11 is 4.19. The molecule has 0 amide bonds. The number of hydrogen-bond donors (Lipinski definition) is 1. The molecule has 1 heterocycles. The predicted molar refractivity (Wildman–Crippen MR) is 72.5 cm³/mol. The van der Waals surface area contributed by atoms with Gasteiger partial charge < -0.3 is 9.67 Å². The van der Waals surface area contributed by atoms with E-state index in [-0.39, 0.29) is 11.6 Å². The molecule has 0 fully saturated rings. The normalized spacial score (nSPS) is 10.7. The summed E-state index contributed by atoms with van der Waals surface area (Å²) in [5, 5.41) is 17.0. The van der Waals surface area contributed by atoms with E-state index in [1.54, 1.807) is 23.7 Å². The molecule has 0 aliphatic carbocycles. The van der Waals surface area contributed by atoms with Gasteiger partial charge in [0.15, 0.2) is 11.0 Å². The molecule has 1 N–H and O–H groups in total. The Balaban J connectivity index is 2.30. The van der Waals surface area contributed by atoms with Gasteiger partial charge in [-0.3, -0.25) is 4.79 Å². The van der Waals surface area contributed by atoms with Crippen LogP contribution in [0.5, 0.6) is 0 Å². The Labute approximate surface area is 121 Å². The lowest BCUT2D eigenvalue weighted by Crippen LogP contribution is -2.01. The Hall–Kier alpha value is -1.41. The molecule has 0 spiro atoms. The molecular formula is C11H9BrFN3O2S. The van der Waals surface area contributed by atoms with E-state index in [0.717, 1.165) is 11.8 Å². The molecular weight excluding hydrogens is 337 g/mol. The van der Waals surface area contributed by atoms with E-state index < -0.39 is 5.97 Å². The molecule has 0 saturated carbocycles. The van der Waals surface area contributed by atoms with Crippen LogP contribution in [0.3, 0.4) is 0 Å². The molecule has 19 heavy (non-hydrogen) atoms. The Morgan fingerprint density at radius 3 is 2.89 bits per heavy atom. The minimum atomic E-state index is -0.918. The van der Waals surface area contributed by atoms with Gasteiger partial charge in [-0.1, -0.05) is 11.8 Å². The number of halogens is 2. The van der Waals surface area contributed by atoms with Gasteiger partial charge in [0.1, 0.15) is 5.82 Å². The number of carbonyl (C=O) groups is 1.